The van der Waals surface area contributed by atoms with E-state index >= 15 is 0 Å². The molecule has 3 aromatic rings. The summed E-state index contributed by atoms with van der Waals surface area (Å²) in [6.45, 7) is 6.48. The predicted molar refractivity (Wildman–Crippen MR) is 108 cm³/mol. The van der Waals surface area contributed by atoms with E-state index in [9.17, 15) is 0 Å². The van der Waals surface area contributed by atoms with Crippen LogP contribution in [0.2, 0.25) is 10.0 Å². The fraction of sp³-hybridized carbons (Fsp3) is 0.300. The third kappa shape index (κ3) is 4.85. The van der Waals surface area contributed by atoms with E-state index in [1.54, 1.807) is 10.9 Å². The SMILES string of the molecule is CC(C)CNCc1nn(Cc2ccc(Cl)cc2Cl)nc1-c1ccccc1. The van der Waals surface area contributed by atoms with Crippen molar-refractivity contribution < 1.29 is 0 Å². The number of hydrogen-bond acceptors (Lipinski definition) is 3. The Morgan fingerprint density at radius 2 is 1.81 bits per heavy atom. The molecule has 0 saturated carbocycles. The Morgan fingerprint density at radius 3 is 2.50 bits per heavy atom. The number of nitrogens with zero attached hydrogens (tertiary/aromatic N) is 3. The molecule has 6 heteroatoms. The lowest BCUT2D eigenvalue weighted by atomic mass is 10.1. The molecule has 26 heavy (non-hydrogen) atoms. The van der Waals surface area contributed by atoms with E-state index in [2.05, 4.69) is 31.3 Å². The van der Waals surface area contributed by atoms with Gasteiger partial charge in [-0.2, -0.15) is 15.0 Å². The predicted octanol–water partition coefficient (Wildman–Crippen LogP) is 5.05. The lowest BCUT2D eigenvalue weighted by Gasteiger charge is -2.06. The summed E-state index contributed by atoms with van der Waals surface area (Å²) in [4.78, 5) is 1.70. The van der Waals surface area contributed by atoms with Gasteiger partial charge in [0.15, 0.2) is 0 Å². The first-order chi connectivity index (χ1) is 12.5. The molecule has 0 unspecified atom stereocenters. The lowest BCUT2D eigenvalue weighted by Crippen LogP contribution is -2.19. The Hall–Kier alpha value is -1.88. The number of hydrogen-bond donors (Lipinski definition) is 1. The quantitative estimate of drug-likeness (QED) is 0.615. The van der Waals surface area contributed by atoms with Crippen LogP contribution in [0.5, 0.6) is 0 Å². The highest BCUT2D eigenvalue weighted by Gasteiger charge is 2.14. The van der Waals surface area contributed by atoms with E-state index in [4.69, 9.17) is 33.4 Å². The van der Waals surface area contributed by atoms with Gasteiger partial charge in [-0.3, -0.25) is 0 Å². The van der Waals surface area contributed by atoms with Crippen LogP contribution in [0.15, 0.2) is 48.5 Å². The summed E-state index contributed by atoms with van der Waals surface area (Å²) in [5.74, 6) is 0.582. The zero-order valence-corrected chi connectivity index (χ0v) is 16.4. The highest BCUT2D eigenvalue weighted by molar-refractivity contribution is 6.35. The smallest absolute Gasteiger partial charge is 0.117 e. The Labute approximate surface area is 164 Å². The van der Waals surface area contributed by atoms with Crippen LogP contribution in [-0.2, 0) is 13.1 Å². The molecule has 0 saturated heterocycles. The Morgan fingerprint density at radius 1 is 1.04 bits per heavy atom. The van der Waals surface area contributed by atoms with Crippen molar-refractivity contribution in [1.29, 1.82) is 0 Å². The summed E-state index contributed by atoms with van der Waals surface area (Å²) < 4.78 is 0. The van der Waals surface area contributed by atoms with Gasteiger partial charge >= 0.3 is 0 Å². The highest BCUT2D eigenvalue weighted by atomic mass is 35.5. The molecule has 136 valence electrons. The average Bonchev–Trinajstić information content (AvgIpc) is 3.01. The maximum atomic E-state index is 6.30. The number of rotatable bonds is 7. The first-order valence-electron chi connectivity index (χ1n) is 8.67. The van der Waals surface area contributed by atoms with Crippen molar-refractivity contribution in [2.45, 2.75) is 26.9 Å². The maximum Gasteiger partial charge on any atom is 0.117 e. The zero-order chi connectivity index (χ0) is 18.5. The van der Waals surface area contributed by atoms with Crippen molar-refractivity contribution in [3.8, 4) is 11.3 Å². The van der Waals surface area contributed by atoms with Gasteiger partial charge in [0, 0.05) is 22.2 Å². The molecule has 3 rings (SSSR count). The van der Waals surface area contributed by atoms with E-state index in [0.717, 1.165) is 29.1 Å². The molecule has 2 aromatic carbocycles. The summed E-state index contributed by atoms with van der Waals surface area (Å²) in [6.07, 6.45) is 0. The van der Waals surface area contributed by atoms with Crippen LogP contribution in [0.3, 0.4) is 0 Å². The normalized spacial score (nSPS) is 11.3. The molecule has 0 radical (unpaired) electrons. The minimum atomic E-state index is 0.500. The molecule has 1 aromatic heterocycles. The van der Waals surface area contributed by atoms with Gasteiger partial charge in [-0.15, -0.1) is 0 Å². The second-order valence-corrected chi connectivity index (χ2v) is 7.50. The van der Waals surface area contributed by atoms with Gasteiger partial charge in [-0.25, -0.2) is 0 Å². The van der Waals surface area contributed by atoms with Gasteiger partial charge in [-0.05, 0) is 30.2 Å². The minimum absolute atomic E-state index is 0.500. The fourth-order valence-corrected chi connectivity index (χ4v) is 3.14. The topological polar surface area (TPSA) is 42.7 Å². The van der Waals surface area contributed by atoms with Crippen molar-refractivity contribution >= 4 is 23.2 Å². The molecular formula is C20H22Cl2N4. The second-order valence-electron chi connectivity index (χ2n) is 6.65. The molecule has 0 bridgehead atoms. The molecular weight excluding hydrogens is 367 g/mol. The number of nitrogens with one attached hydrogen (secondary N) is 1. The van der Waals surface area contributed by atoms with Crippen molar-refractivity contribution in [3.05, 3.63) is 69.8 Å². The second kappa shape index (κ2) is 8.67. The molecule has 0 aliphatic carbocycles. The number of aromatic nitrogens is 3. The molecule has 0 atom stereocenters. The van der Waals surface area contributed by atoms with Crippen molar-refractivity contribution in [3.63, 3.8) is 0 Å². The summed E-state index contributed by atoms with van der Waals surface area (Å²) >= 11 is 12.3. The van der Waals surface area contributed by atoms with E-state index in [1.807, 2.05) is 30.3 Å². The van der Waals surface area contributed by atoms with Gasteiger partial charge in [-0.1, -0.05) is 73.4 Å². The van der Waals surface area contributed by atoms with Gasteiger partial charge in [0.25, 0.3) is 0 Å². The molecule has 0 aliphatic rings. The minimum Gasteiger partial charge on any atom is -0.311 e. The summed E-state index contributed by atoms with van der Waals surface area (Å²) in [6, 6.07) is 15.6. The van der Waals surface area contributed by atoms with Gasteiger partial charge in [0.2, 0.25) is 0 Å². The van der Waals surface area contributed by atoms with E-state index in [-0.39, 0.29) is 0 Å². The molecule has 0 aliphatic heterocycles. The highest BCUT2D eigenvalue weighted by Crippen LogP contribution is 2.23. The van der Waals surface area contributed by atoms with Crippen LogP contribution in [-0.4, -0.2) is 21.5 Å². The van der Waals surface area contributed by atoms with Crippen LogP contribution >= 0.6 is 23.2 Å². The van der Waals surface area contributed by atoms with Crippen LogP contribution < -0.4 is 5.32 Å². The van der Waals surface area contributed by atoms with Gasteiger partial charge in [0.1, 0.15) is 11.4 Å². The molecule has 1 N–H and O–H groups in total. The van der Waals surface area contributed by atoms with Crippen molar-refractivity contribution in [2.75, 3.05) is 6.54 Å². The van der Waals surface area contributed by atoms with Crippen LogP contribution in [0, 0.1) is 5.92 Å². The Balaban J connectivity index is 1.87. The molecule has 4 nitrogen and oxygen atoms in total. The first-order valence-corrected chi connectivity index (χ1v) is 9.42. The largest absolute Gasteiger partial charge is 0.311 e. The van der Waals surface area contributed by atoms with Crippen LogP contribution in [0.25, 0.3) is 11.3 Å². The number of halogens is 2. The molecule has 0 fully saturated rings. The van der Waals surface area contributed by atoms with E-state index in [1.165, 1.54) is 0 Å². The maximum absolute atomic E-state index is 6.30. The first kappa shape index (κ1) is 18.9. The average molecular weight is 389 g/mol. The standard InChI is InChI=1S/C20H22Cl2N4/c1-14(2)11-23-12-19-20(15-6-4-3-5-7-15)25-26(24-19)13-16-8-9-17(21)10-18(16)22/h3-10,14,23H,11-13H2,1-2H3. The van der Waals surface area contributed by atoms with E-state index < -0.39 is 0 Å². The lowest BCUT2D eigenvalue weighted by molar-refractivity contribution is 0.537. The Bertz CT molecular complexity index is 860. The zero-order valence-electron chi connectivity index (χ0n) is 14.9. The monoisotopic (exact) mass is 388 g/mol. The summed E-state index contributed by atoms with van der Waals surface area (Å²) in [5.41, 5.74) is 3.82. The Kier molecular flexibility index (Phi) is 6.30. The fourth-order valence-electron chi connectivity index (χ4n) is 2.67. The summed E-state index contributed by atoms with van der Waals surface area (Å²) in [5, 5.41) is 14.1. The van der Waals surface area contributed by atoms with Crippen molar-refractivity contribution in [1.82, 2.24) is 20.3 Å². The third-order valence-corrected chi connectivity index (χ3v) is 4.53. The number of benzene rings is 2. The summed E-state index contributed by atoms with van der Waals surface area (Å²) in [7, 11) is 0. The van der Waals surface area contributed by atoms with E-state index in [0.29, 0.717) is 29.1 Å². The van der Waals surface area contributed by atoms with Crippen LogP contribution in [0.4, 0.5) is 0 Å². The van der Waals surface area contributed by atoms with Crippen molar-refractivity contribution in [2.24, 2.45) is 5.92 Å². The molecule has 0 spiro atoms. The van der Waals surface area contributed by atoms with Gasteiger partial charge in [0.05, 0.1) is 6.54 Å². The molecule has 0 amide bonds. The molecule has 1 heterocycles. The van der Waals surface area contributed by atoms with Gasteiger partial charge < -0.3 is 5.32 Å². The third-order valence-electron chi connectivity index (χ3n) is 3.94. The van der Waals surface area contributed by atoms with Crippen LogP contribution in [0.1, 0.15) is 25.1 Å².